The van der Waals surface area contributed by atoms with Gasteiger partial charge in [-0.25, -0.2) is 0 Å². The van der Waals surface area contributed by atoms with E-state index in [1.54, 1.807) is 18.2 Å². The molecule has 1 heterocycles. The number of rotatable bonds is 9. The van der Waals surface area contributed by atoms with Gasteiger partial charge in [-0.2, -0.15) is 0 Å². The van der Waals surface area contributed by atoms with E-state index in [1.807, 2.05) is 0 Å². The highest BCUT2D eigenvalue weighted by Gasteiger charge is 2.20. The maximum absolute atomic E-state index is 12.9. The summed E-state index contributed by atoms with van der Waals surface area (Å²) in [6.45, 7) is 0.347. The smallest absolute Gasteiger partial charge is 0.254 e. The summed E-state index contributed by atoms with van der Waals surface area (Å²) in [6.07, 6.45) is 1.34. The van der Waals surface area contributed by atoms with Gasteiger partial charge in [0.1, 0.15) is 24.3 Å². The molecule has 1 N–H and O–H groups in total. The number of amides is 2. The summed E-state index contributed by atoms with van der Waals surface area (Å²) < 4.78 is 20.1. The first-order valence-electron chi connectivity index (χ1n) is 7.79. The molecule has 0 spiro atoms. The molecule has 2 amide bonds. The topological polar surface area (TPSA) is 103 Å². The molecule has 0 unspecified atom stereocenters. The van der Waals surface area contributed by atoms with Gasteiger partial charge in [-0.1, -0.05) is 5.16 Å². The molecule has 0 atom stereocenters. The maximum Gasteiger partial charge on any atom is 0.254 e. The molecule has 26 heavy (non-hydrogen) atoms. The van der Waals surface area contributed by atoms with Crippen LogP contribution in [0.15, 0.2) is 35.1 Å². The summed E-state index contributed by atoms with van der Waals surface area (Å²) in [7, 11) is 4.51. The molecule has 0 aliphatic carbocycles. The highest BCUT2D eigenvalue weighted by molar-refractivity contribution is 5.99. The van der Waals surface area contributed by atoms with Crippen LogP contribution in [0.3, 0.4) is 0 Å². The van der Waals surface area contributed by atoms with Crippen LogP contribution in [-0.2, 0) is 9.53 Å². The number of hydrogen-bond donors (Lipinski definition) is 1. The third kappa shape index (κ3) is 5.21. The lowest BCUT2D eigenvalue weighted by Gasteiger charge is -2.22. The van der Waals surface area contributed by atoms with Crippen LogP contribution in [0.5, 0.6) is 11.5 Å². The average Bonchev–Trinajstić information content (AvgIpc) is 3.16. The molecule has 2 aromatic rings. The van der Waals surface area contributed by atoms with Crippen molar-refractivity contribution in [3.8, 4) is 11.5 Å². The third-order valence-electron chi connectivity index (χ3n) is 3.49. The molecule has 0 saturated heterocycles. The van der Waals surface area contributed by atoms with Crippen molar-refractivity contribution < 1.29 is 28.3 Å². The quantitative estimate of drug-likeness (QED) is 0.718. The number of benzene rings is 1. The zero-order chi connectivity index (χ0) is 18.9. The van der Waals surface area contributed by atoms with E-state index < -0.39 is 5.91 Å². The minimum atomic E-state index is -0.404. The Morgan fingerprint density at radius 2 is 1.85 bits per heavy atom. The first-order chi connectivity index (χ1) is 12.6. The van der Waals surface area contributed by atoms with Crippen molar-refractivity contribution in [1.82, 2.24) is 10.1 Å². The van der Waals surface area contributed by atoms with Crippen LogP contribution in [-0.4, -0.2) is 62.9 Å². The van der Waals surface area contributed by atoms with Crippen LogP contribution in [0.25, 0.3) is 0 Å². The summed E-state index contributed by atoms with van der Waals surface area (Å²) in [5.41, 5.74) is 0.339. The van der Waals surface area contributed by atoms with Crippen LogP contribution in [0.2, 0.25) is 0 Å². The first kappa shape index (κ1) is 19.3. The van der Waals surface area contributed by atoms with Crippen molar-refractivity contribution in [2.75, 3.05) is 46.3 Å². The molecule has 0 bridgehead atoms. The molecule has 9 nitrogen and oxygen atoms in total. The molecule has 0 radical (unpaired) electrons. The van der Waals surface area contributed by atoms with Gasteiger partial charge in [0.15, 0.2) is 5.82 Å². The van der Waals surface area contributed by atoms with Crippen LogP contribution in [0.1, 0.15) is 10.4 Å². The van der Waals surface area contributed by atoms with Gasteiger partial charge in [0, 0.05) is 31.4 Å². The van der Waals surface area contributed by atoms with Gasteiger partial charge in [-0.05, 0) is 12.1 Å². The molecule has 0 fully saturated rings. The fraction of sp³-hybridized carbons (Fsp3) is 0.353. The number of hydrogen-bond acceptors (Lipinski definition) is 7. The average molecular weight is 363 g/mol. The number of methoxy groups -OCH3 is 3. The molecule has 1 aromatic carbocycles. The lowest BCUT2D eigenvalue weighted by atomic mass is 10.1. The molecule has 0 aliphatic heterocycles. The van der Waals surface area contributed by atoms with Crippen molar-refractivity contribution in [1.29, 1.82) is 0 Å². The number of nitrogens with one attached hydrogen (secondary N) is 1. The van der Waals surface area contributed by atoms with E-state index >= 15 is 0 Å². The van der Waals surface area contributed by atoms with Gasteiger partial charge in [0.25, 0.3) is 5.91 Å². The Balaban J connectivity index is 2.16. The zero-order valence-corrected chi connectivity index (χ0v) is 14.9. The Hall–Kier alpha value is -3.07. The summed E-state index contributed by atoms with van der Waals surface area (Å²) in [5, 5.41) is 6.16. The Morgan fingerprint density at radius 1 is 1.15 bits per heavy atom. The van der Waals surface area contributed by atoms with Crippen molar-refractivity contribution in [2.24, 2.45) is 0 Å². The van der Waals surface area contributed by atoms with Crippen LogP contribution < -0.4 is 14.8 Å². The third-order valence-corrected chi connectivity index (χ3v) is 3.49. The molecule has 140 valence electrons. The van der Waals surface area contributed by atoms with Crippen molar-refractivity contribution in [3.63, 3.8) is 0 Å². The normalized spacial score (nSPS) is 10.3. The lowest BCUT2D eigenvalue weighted by molar-refractivity contribution is -0.117. The van der Waals surface area contributed by atoms with Gasteiger partial charge in [0.2, 0.25) is 5.91 Å². The molecule has 0 saturated carbocycles. The summed E-state index contributed by atoms with van der Waals surface area (Å²) in [5.74, 6) is 0.475. The standard InChI is InChI=1S/C17H21N3O6/c1-23-7-5-20(11-16(21)18-15-4-6-26-19-15)17(22)12-8-13(24-2)10-14(9-12)25-3/h4,6,8-10H,5,7,11H2,1-3H3,(H,18,19,21). The van der Waals surface area contributed by atoms with E-state index in [1.165, 1.54) is 38.6 Å². The number of ether oxygens (including phenoxy) is 3. The number of nitrogens with zero attached hydrogens (tertiary/aromatic N) is 2. The molecule has 1 aromatic heterocycles. The van der Waals surface area contributed by atoms with Gasteiger partial charge < -0.3 is 29.0 Å². The number of carbonyl (C=O) groups is 2. The van der Waals surface area contributed by atoms with Crippen molar-refractivity contribution in [2.45, 2.75) is 0 Å². The largest absolute Gasteiger partial charge is 0.497 e. The Bertz CT molecular complexity index is 710. The van der Waals surface area contributed by atoms with E-state index in [0.29, 0.717) is 17.1 Å². The second-order valence-corrected chi connectivity index (χ2v) is 5.25. The predicted octanol–water partition coefficient (Wildman–Crippen LogP) is 1.42. The van der Waals surface area contributed by atoms with Gasteiger partial charge in [-0.3, -0.25) is 9.59 Å². The lowest BCUT2D eigenvalue weighted by Crippen LogP contribution is -2.40. The molecule has 2 rings (SSSR count). The molecular weight excluding hydrogens is 342 g/mol. The fourth-order valence-electron chi connectivity index (χ4n) is 2.20. The minimum Gasteiger partial charge on any atom is -0.497 e. The maximum atomic E-state index is 12.9. The summed E-state index contributed by atoms with van der Waals surface area (Å²) in [4.78, 5) is 26.4. The second kappa shape index (κ2) is 9.42. The first-order valence-corrected chi connectivity index (χ1v) is 7.79. The summed E-state index contributed by atoms with van der Waals surface area (Å²) >= 11 is 0. The highest BCUT2D eigenvalue weighted by Crippen LogP contribution is 2.23. The van der Waals surface area contributed by atoms with E-state index in [0.717, 1.165) is 0 Å². The minimum absolute atomic E-state index is 0.172. The fourth-order valence-corrected chi connectivity index (χ4v) is 2.20. The second-order valence-electron chi connectivity index (χ2n) is 5.25. The molecule has 0 aliphatic rings. The number of carbonyl (C=O) groups excluding carboxylic acids is 2. The Kier molecular flexibility index (Phi) is 6.98. The Labute approximate surface area is 150 Å². The number of anilines is 1. The van der Waals surface area contributed by atoms with E-state index in [9.17, 15) is 9.59 Å². The zero-order valence-electron chi connectivity index (χ0n) is 14.9. The van der Waals surface area contributed by atoms with Gasteiger partial charge in [0.05, 0.1) is 20.8 Å². The van der Waals surface area contributed by atoms with Crippen molar-refractivity contribution >= 4 is 17.6 Å². The van der Waals surface area contributed by atoms with Gasteiger partial charge >= 0.3 is 0 Å². The SMILES string of the molecule is COCCN(CC(=O)Nc1ccon1)C(=O)c1cc(OC)cc(OC)c1. The highest BCUT2D eigenvalue weighted by atomic mass is 16.5. The predicted molar refractivity (Wildman–Crippen MR) is 92.5 cm³/mol. The molecular formula is C17H21N3O6. The number of aromatic nitrogens is 1. The van der Waals surface area contributed by atoms with E-state index in [2.05, 4.69) is 15.0 Å². The van der Waals surface area contributed by atoms with Gasteiger partial charge in [-0.15, -0.1) is 0 Å². The van der Waals surface area contributed by atoms with Crippen LogP contribution >= 0.6 is 0 Å². The van der Waals surface area contributed by atoms with E-state index in [-0.39, 0.29) is 31.4 Å². The monoisotopic (exact) mass is 363 g/mol. The van der Waals surface area contributed by atoms with E-state index in [4.69, 9.17) is 14.2 Å². The van der Waals surface area contributed by atoms with Crippen LogP contribution in [0.4, 0.5) is 5.82 Å². The van der Waals surface area contributed by atoms with Crippen molar-refractivity contribution in [3.05, 3.63) is 36.1 Å². The summed E-state index contributed by atoms with van der Waals surface area (Å²) in [6, 6.07) is 6.33. The van der Waals surface area contributed by atoms with Crippen LogP contribution in [0, 0.1) is 0 Å². The molecule has 9 heteroatoms. The Morgan fingerprint density at radius 3 is 2.38 bits per heavy atom.